The molecule has 0 amide bonds. The summed E-state index contributed by atoms with van der Waals surface area (Å²) in [6, 6.07) is 0. The predicted molar refractivity (Wildman–Crippen MR) is 66.8 cm³/mol. The Balaban J connectivity index is 4.54. The van der Waals surface area contributed by atoms with Crippen LogP contribution in [0.5, 0.6) is 0 Å². The van der Waals surface area contributed by atoms with Gasteiger partial charge in [0.05, 0.1) is 25.2 Å². The minimum absolute atomic E-state index is 0.0824. The highest BCUT2D eigenvalue weighted by atomic mass is 28.4. The van der Waals surface area contributed by atoms with Gasteiger partial charge in [-0.3, -0.25) is 0 Å². The highest BCUT2D eigenvalue weighted by molar-refractivity contribution is 6.74. The van der Waals surface area contributed by atoms with Crippen LogP contribution in [0, 0.1) is 5.41 Å². The Morgan fingerprint density at radius 2 is 1.31 bits per heavy atom. The molecule has 0 aromatic heterocycles. The fraction of sp³-hybridized carbons (Fsp3) is 1.00. The maximum Gasteiger partial charge on any atom is 0.192 e. The SMILES string of the molecule is CC(C)(C)[Si](C)(C)OCC(CO)(CO)CO. The fourth-order valence-corrected chi connectivity index (χ4v) is 1.94. The van der Waals surface area contributed by atoms with Crippen LogP contribution < -0.4 is 0 Å². The Morgan fingerprint density at radius 1 is 0.938 bits per heavy atom. The van der Waals surface area contributed by atoms with E-state index in [1.165, 1.54) is 0 Å². The summed E-state index contributed by atoms with van der Waals surface area (Å²) in [6.45, 7) is 9.96. The Kier molecular flexibility index (Phi) is 5.62. The fourth-order valence-electron chi connectivity index (χ4n) is 0.837. The van der Waals surface area contributed by atoms with Crippen LogP contribution >= 0.6 is 0 Å². The van der Waals surface area contributed by atoms with Gasteiger partial charge in [0.15, 0.2) is 8.32 Å². The standard InChI is InChI=1S/C11H26O4Si/c1-10(2,3)16(4,5)15-9-11(6-12,7-13)8-14/h12-14H,6-9H2,1-5H3. The number of hydrogen-bond acceptors (Lipinski definition) is 4. The summed E-state index contributed by atoms with van der Waals surface area (Å²) in [6.07, 6.45) is 0. The van der Waals surface area contributed by atoms with Gasteiger partial charge in [0.25, 0.3) is 0 Å². The van der Waals surface area contributed by atoms with E-state index in [9.17, 15) is 15.3 Å². The van der Waals surface area contributed by atoms with Gasteiger partial charge in [0.2, 0.25) is 0 Å². The quantitative estimate of drug-likeness (QED) is 0.614. The minimum Gasteiger partial charge on any atom is -0.416 e. The van der Waals surface area contributed by atoms with E-state index in [-0.39, 0.29) is 31.5 Å². The molecule has 0 heterocycles. The van der Waals surface area contributed by atoms with Crippen molar-refractivity contribution in [2.24, 2.45) is 5.41 Å². The Bertz CT molecular complexity index is 196. The molecule has 98 valence electrons. The molecule has 0 fully saturated rings. The van der Waals surface area contributed by atoms with Crippen molar-refractivity contribution in [2.75, 3.05) is 26.4 Å². The van der Waals surface area contributed by atoms with Crippen molar-refractivity contribution >= 4 is 8.32 Å². The third-order valence-electron chi connectivity index (χ3n) is 3.55. The largest absolute Gasteiger partial charge is 0.416 e. The van der Waals surface area contributed by atoms with Crippen molar-refractivity contribution in [3.05, 3.63) is 0 Å². The minimum atomic E-state index is -1.90. The van der Waals surface area contributed by atoms with E-state index in [4.69, 9.17) is 4.43 Å². The predicted octanol–water partition coefficient (Wildman–Crippen LogP) is 0.971. The van der Waals surface area contributed by atoms with Crippen LogP contribution in [0.25, 0.3) is 0 Å². The third-order valence-corrected chi connectivity index (χ3v) is 8.03. The molecule has 0 rings (SSSR count). The van der Waals surface area contributed by atoms with Crippen molar-refractivity contribution in [1.82, 2.24) is 0 Å². The van der Waals surface area contributed by atoms with Gasteiger partial charge in [-0.2, -0.15) is 0 Å². The molecule has 0 spiro atoms. The molecule has 0 bridgehead atoms. The number of hydrogen-bond donors (Lipinski definition) is 3. The van der Waals surface area contributed by atoms with E-state index in [0.717, 1.165) is 0 Å². The Morgan fingerprint density at radius 3 is 1.56 bits per heavy atom. The summed E-state index contributed by atoms with van der Waals surface area (Å²) >= 11 is 0. The zero-order valence-electron chi connectivity index (χ0n) is 11.1. The second-order valence-electron chi connectivity index (χ2n) is 6.02. The first-order valence-corrected chi connectivity index (χ1v) is 8.51. The van der Waals surface area contributed by atoms with Gasteiger partial charge >= 0.3 is 0 Å². The van der Waals surface area contributed by atoms with E-state index in [2.05, 4.69) is 33.9 Å². The lowest BCUT2D eigenvalue weighted by Gasteiger charge is -2.39. The first kappa shape index (κ1) is 16.1. The smallest absolute Gasteiger partial charge is 0.192 e. The molecule has 3 N–H and O–H groups in total. The summed E-state index contributed by atoms with van der Waals surface area (Å²) in [5, 5.41) is 27.7. The molecule has 0 aliphatic carbocycles. The van der Waals surface area contributed by atoms with E-state index in [1.807, 2.05) is 0 Å². The van der Waals surface area contributed by atoms with E-state index in [1.54, 1.807) is 0 Å². The molecule has 0 aromatic carbocycles. The lowest BCUT2D eigenvalue weighted by atomic mass is 9.93. The molecular formula is C11H26O4Si. The molecule has 0 atom stereocenters. The molecule has 0 saturated carbocycles. The maximum absolute atomic E-state index is 9.19. The zero-order valence-corrected chi connectivity index (χ0v) is 12.1. The average Bonchev–Trinajstić information content (AvgIpc) is 2.19. The van der Waals surface area contributed by atoms with E-state index >= 15 is 0 Å². The van der Waals surface area contributed by atoms with Gasteiger partial charge in [-0.1, -0.05) is 20.8 Å². The van der Waals surface area contributed by atoms with Crippen molar-refractivity contribution < 1.29 is 19.7 Å². The van der Waals surface area contributed by atoms with E-state index < -0.39 is 13.7 Å². The summed E-state index contributed by atoms with van der Waals surface area (Å²) in [5.41, 5.74) is -0.921. The first-order chi connectivity index (χ1) is 7.14. The normalized spacial score (nSPS) is 14.2. The van der Waals surface area contributed by atoms with Gasteiger partial charge in [-0.05, 0) is 18.1 Å². The number of rotatable bonds is 6. The van der Waals surface area contributed by atoms with Crippen LogP contribution in [0.2, 0.25) is 18.1 Å². The Labute approximate surface area is 99.4 Å². The van der Waals surface area contributed by atoms with Gasteiger partial charge in [-0.15, -0.1) is 0 Å². The molecule has 0 aliphatic heterocycles. The molecule has 0 unspecified atom stereocenters. The summed E-state index contributed by atoms with van der Waals surface area (Å²) in [5.74, 6) is 0. The molecular weight excluding hydrogens is 224 g/mol. The Hall–Kier alpha value is 0.0569. The lowest BCUT2D eigenvalue weighted by Crippen LogP contribution is -2.47. The van der Waals surface area contributed by atoms with Crippen LogP contribution in [0.1, 0.15) is 20.8 Å². The highest BCUT2D eigenvalue weighted by Crippen LogP contribution is 2.37. The summed E-state index contributed by atoms with van der Waals surface area (Å²) in [4.78, 5) is 0. The van der Waals surface area contributed by atoms with Crippen molar-refractivity contribution in [1.29, 1.82) is 0 Å². The van der Waals surface area contributed by atoms with Crippen molar-refractivity contribution in [2.45, 2.75) is 38.9 Å². The molecule has 5 heteroatoms. The van der Waals surface area contributed by atoms with Gasteiger partial charge in [0.1, 0.15) is 0 Å². The maximum atomic E-state index is 9.19. The molecule has 0 radical (unpaired) electrons. The lowest BCUT2D eigenvalue weighted by molar-refractivity contribution is -0.0291. The first-order valence-electron chi connectivity index (χ1n) is 5.61. The molecule has 16 heavy (non-hydrogen) atoms. The van der Waals surface area contributed by atoms with Gasteiger partial charge in [0, 0.05) is 6.61 Å². The van der Waals surface area contributed by atoms with Crippen LogP contribution in [0.15, 0.2) is 0 Å². The molecule has 0 aromatic rings. The second kappa shape index (κ2) is 5.60. The second-order valence-corrected chi connectivity index (χ2v) is 10.8. The average molecular weight is 250 g/mol. The number of aliphatic hydroxyl groups is 3. The van der Waals surface area contributed by atoms with Gasteiger partial charge in [-0.25, -0.2) is 0 Å². The van der Waals surface area contributed by atoms with Crippen LogP contribution in [0.3, 0.4) is 0 Å². The van der Waals surface area contributed by atoms with Crippen molar-refractivity contribution in [3.63, 3.8) is 0 Å². The number of aliphatic hydroxyl groups excluding tert-OH is 3. The molecule has 0 saturated heterocycles. The van der Waals surface area contributed by atoms with Gasteiger partial charge < -0.3 is 19.7 Å². The van der Waals surface area contributed by atoms with E-state index in [0.29, 0.717) is 0 Å². The monoisotopic (exact) mass is 250 g/mol. The van der Waals surface area contributed by atoms with Crippen LogP contribution in [0.4, 0.5) is 0 Å². The van der Waals surface area contributed by atoms with Crippen LogP contribution in [-0.2, 0) is 4.43 Å². The van der Waals surface area contributed by atoms with Crippen LogP contribution in [-0.4, -0.2) is 50.1 Å². The van der Waals surface area contributed by atoms with Crippen molar-refractivity contribution in [3.8, 4) is 0 Å². The topological polar surface area (TPSA) is 69.9 Å². The molecule has 4 nitrogen and oxygen atoms in total. The molecule has 0 aliphatic rings. The third kappa shape index (κ3) is 3.82. The summed E-state index contributed by atoms with van der Waals surface area (Å²) < 4.78 is 5.89. The highest BCUT2D eigenvalue weighted by Gasteiger charge is 2.40. The zero-order chi connectivity index (χ0) is 13.0. The summed E-state index contributed by atoms with van der Waals surface area (Å²) in [7, 11) is -1.90.